The average Bonchev–Trinajstić information content (AvgIpc) is 2.62. The topological polar surface area (TPSA) is 56.1 Å². The Morgan fingerprint density at radius 3 is 2.40 bits per heavy atom. The molecule has 1 saturated heterocycles. The highest BCUT2D eigenvalue weighted by atomic mass is 16.5. The molecule has 0 radical (unpaired) electrons. The summed E-state index contributed by atoms with van der Waals surface area (Å²) < 4.78 is 7.69. The molecule has 108 valence electrons. The number of hydrogen-bond acceptors (Lipinski definition) is 5. The lowest BCUT2D eigenvalue weighted by Crippen LogP contribution is -2.46. The smallest absolute Gasteiger partial charge is 0.158 e. The van der Waals surface area contributed by atoms with Crippen LogP contribution in [0, 0.1) is 13.8 Å². The van der Waals surface area contributed by atoms with Crippen LogP contribution in [-0.2, 0) is 11.8 Å². The predicted octanol–water partition coefficient (Wildman–Crippen LogP) is 1.59. The van der Waals surface area contributed by atoms with Crippen LogP contribution in [0.4, 0.5) is 5.82 Å². The molecule has 2 aromatic rings. The fourth-order valence-electron chi connectivity index (χ4n) is 3.00. The first-order valence-corrected chi connectivity index (χ1v) is 7.04. The fourth-order valence-corrected chi connectivity index (χ4v) is 3.00. The van der Waals surface area contributed by atoms with Crippen molar-refractivity contribution >= 4 is 16.9 Å². The summed E-state index contributed by atoms with van der Waals surface area (Å²) in [4.78, 5) is 11.5. The van der Waals surface area contributed by atoms with Crippen LogP contribution >= 0.6 is 0 Å². The zero-order chi connectivity index (χ0) is 14.4. The van der Waals surface area contributed by atoms with E-state index in [2.05, 4.69) is 33.8 Å². The molecule has 0 spiro atoms. The van der Waals surface area contributed by atoms with Crippen molar-refractivity contribution in [3.8, 4) is 0 Å². The number of rotatable bonds is 1. The Morgan fingerprint density at radius 2 is 1.75 bits per heavy atom. The Labute approximate surface area is 118 Å². The second-order valence-corrected chi connectivity index (χ2v) is 5.66. The highest BCUT2D eigenvalue weighted by molar-refractivity contribution is 5.88. The van der Waals surface area contributed by atoms with Crippen LogP contribution in [-0.4, -0.2) is 45.0 Å². The van der Waals surface area contributed by atoms with E-state index < -0.39 is 0 Å². The van der Waals surface area contributed by atoms with Gasteiger partial charge in [0.2, 0.25) is 0 Å². The van der Waals surface area contributed by atoms with Crippen LogP contribution in [0.1, 0.15) is 25.4 Å². The van der Waals surface area contributed by atoms with Gasteiger partial charge < -0.3 is 9.64 Å². The molecule has 2 aromatic heterocycles. The minimum Gasteiger partial charge on any atom is -0.372 e. The number of ether oxygens (including phenoxy) is 1. The standard InChI is InChI=1S/C14H21N5O/c1-8-6-19(7-9(2)20-8)14-13-12(15-11(4)16-14)10(3)17-18(13)5/h8-9H,6-7H2,1-5H3/t8-,9-/m1/s1. The molecule has 3 heterocycles. The Balaban J connectivity index is 2.15. The summed E-state index contributed by atoms with van der Waals surface area (Å²) in [6, 6.07) is 0. The van der Waals surface area contributed by atoms with Gasteiger partial charge in [0.15, 0.2) is 5.82 Å². The molecule has 0 amide bonds. The van der Waals surface area contributed by atoms with E-state index >= 15 is 0 Å². The summed E-state index contributed by atoms with van der Waals surface area (Å²) in [7, 11) is 1.95. The normalized spacial score (nSPS) is 23.6. The van der Waals surface area contributed by atoms with Gasteiger partial charge in [-0.15, -0.1) is 0 Å². The van der Waals surface area contributed by atoms with Crippen molar-refractivity contribution in [3.63, 3.8) is 0 Å². The lowest BCUT2D eigenvalue weighted by molar-refractivity contribution is -0.00540. The van der Waals surface area contributed by atoms with E-state index in [9.17, 15) is 0 Å². The zero-order valence-corrected chi connectivity index (χ0v) is 12.7. The van der Waals surface area contributed by atoms with E-state index in [4.69, 9.17) is 4.74 Å². The number of fused-ring (bicyclic) bond motifs is 1. The van der Waals surface area contributed by atoms with E-state index in [1.165, 1.54) is 0 Å². The number of anilines is 1. The fraction of sp³-hybridized carbons (Fsp3) is 0.643. The second-order valence-electron chi connectivity index (χ2n) is 5.66. The van der Waals surface area contributed by atoms with E-state index in [0.717, 1.165) is 41.5 Å². The van der Waals surface area contributed by atoms with Crippen molar-refractivity contribution in [2.45, 2.75) is 39.9 Å². The molecule has 3 rings (SSSR count). The van der Waals surface area contributed by atoms with Crippen LogP contribution in [0.3, 0.4) is 0 Å². The van der Waals surface area contributed by atoms with Gasteiger partial charge in [-0.25, -0.2) is 9.97 Å². The molecule has 0 N–H and O–H groups in total. The van der Waals surface area contributed by atoms with Gasteiger partial charge in [-0.2, -0.15) is 5.10 Å². The van der Waals surface area contributed by atoms with Crippen LogP contribution in [0.25, 0.3) is 11.0 Å². The molecule has 0 unspecified atom stereocenters. The summed E-state index contributed by atoms with van der Waals surface area (Å²) in [5, 5.41) is 4.48. The number of aryl methyl sites for hydroxylation is 3. The van der Waals surface area contributed by atoms with E-state index in [1.807, 2.05) is 25.6 Å². The molecule has 6 heteroatoms. The first-order valence-electron chi connectivity index (χ1n) is 7.04. The maximum atomic E-state index is 5.81. The minimum atomic E-state index is 0.207. The molecule has 2 atom stereocenters. The van der Waals surface area contributed by atoms with Crippen LogP contribution < -0.4 is 4.90 Å². The third kappa shape index (κ3) is 2.14. The zero-order valence-electron chi connectivity index (χ0n) is 12.7. The van der Waals surface area contributed by atoms with Crippen molar-refractivity contribution in [1.82, 2.24) is 19.7 Å². The molecule has 0 bridgehead atoms. The predicted molar refractivity (Wildman–Crippen MR) is 78.0 cm³/mol. The number of aromatic nitrogens is 4. The first kappa shape index (κ1) is 13.3. The molecule has 20 heavy (non-hydrogen) atoms. The maximum absolute atomic E-state index is 5.81. The van der Waals surface area contributed by atoms with Crippen molar-refractivity contribution in [2.24, 2.45) is 7.05 Å². The van der Waals surface area contributed by atoms with Gasteiger partial charge in [-0.05, 0) is 27.7 Å². The molecule has 1 aliphatic rings. The van der Waals surface area contributed by atoms with Gasteiger partial charge in [-0.3, -0.25) is 4.68 Å². The van der Waals surface area contributed by atoms with Crippen LogP contribution in [0.15, 0.2) is 0 Å². The minimum absolute atomic E-state index is 0.207. The average molecular weight is 275 g/mol. The molecule has 1 aliphatic heterocycles. The van der Waals surface area contributed by atoms with E-state index in [1.54, 1.807) is 0 Å². The van der Waals surface area contributed by atoms with Gasteiger partial charge in [0.1, 0.15) is 16.9 Å². The third-order valence-electron chi connectivity index (χ3n) is 3.66. The molecule has 0 aliphatic carbocycles. The summed E-state index contributed by atoms with van der Waals surface area (Å²) in [6.07, 6.45) is 0.414. The van der Waals surface area contributed by atoms with Gasteiger partial charge >= 0.3 is 0 Å². The second kappa shape index (κ2) is 4.70. The first-order chi connectivity index (χ1) is 9.45. The van der Waals surface area contributed by atoms with Crippen LogP contribution in [0.2, 0.25) is 0 Å². The van der Waals surface area contributed by atoms with Gasteiger partial charge in [0, 0.05) is 20.1 Å². The number of morpholine rings is 1. The quantitative estimate of drug-likeness (QED) is 0.791. The Morgan fingerprint density at radius 1 is 1.10 bits per heavy atom. The highest BCUT2D eigenvalue weighted by Crippen LogP contribution is 2.27. The Bertz CT molecular complexity index is 641. The highest BCUT2D eigenvalue weighted by Gasteiger charge is 2.26. The molecule has 0 aromatic carbocycles. The van der Waals surface area contributed by atoms with Gasteiger partial charge in [0.05, 0.1) is 17.9 Å². The van der Waals surface area contributed by atoms with Gasteiger partial charge in [-0.1, -0.05) is 0 Å². The molecule has 1 fully saturated rings. The molecule has 0 saturated carbocycles. The summed E-state index contributed by atoms with van der Waals surface area (Å²) in [5.41, 5.74) is 2.90. The molecular formula is C14H21N5O. The number of nitrogens with zero attached hydrogens (tertiary/aromatic N) is 5. The van der Waals surface area contributed by atoms with Crippen molar-refractivity contribution in [1.29, 1.82) is 0 Å². The van der Waals surface area contributed by atoms with Crippen molar-refractivity contribution in [3.05, 3.63) is 11.5 Å². The van der Waals surface area contributed by atoms with Crippen molar-refractivity contribution in [2.75, 3.05) is 18.0 Å². The Kier molecular flexibility index (Phi) is 3.12. The summed E-state index contributed by atoms with van der Waals surface area (Å²) in [6.45, 7) is 9.82. The maximum Gasteiger partial charge on any atom is 0.158 e. The monoisotopic (exact) mass is 275 g/mol. The summed E-state index contributed by atoms with van der Waals surface area (Å²) >= 11 is 0. The number of hydrogen-bond donors (Lipinski definition) is 0. The van der Waals surface area contributed by atoms with Gasteiger partial charge in [0.25, 0.3) is 0 Å². The largest absolute Gasteiger partial charge is 0.372 e. The molecular weight excluding hydrogens is 254 g/mol. The third-order valence-corrected chi connectivity index (χ3v) is 3.66. The Hall–Kier alpha value is -1.69. The summed E-state index contributed by atoms with van der Waals surface area (Å²) in [5.74, 6) is 1.76. The molecule has 6 nitrogen and oxygen atoms in total. The lowest BCUT2D eigenvalue weighted by atomic mass is 10.2. The SMILES string of the molecule is Cc1nc(N2C[C@@H](C)O[C@H](C)C2)c2c(n1)c(C)nn2C. The van der Waals surface area contributed by atoms with Crippen LogP contribution in [0.5, 0.6) is 0 Å². The van der Waals surface area contributed by atoms with Crippen molar-refractivity contribution < 1.29 is 4.74 Å². The van der Waals surface area contributed by atoms with E-state index in [-0.39, 0.29) is 12.2 Å². The lowest BCUT2D eigenvalue weighted by Gasteiger charge is -2.36. The van der Waals surface area contributed by atoms with E-state index in [0.29, 0.717) is 0 Å².